The molecule has 0 amide bonds. The molecule has 112 valence electrons. The molecule has 0 aliphatic rings. The van der Waals surface area contributed by atoms with Gasteiger partial charge in [-0.1, -0.05) is 16.8 Å². The highest BCUT2D eigenvalue weighted by Crippen LogP contribution is 2.21. The first-order valence-electron chi connectivity index (χ1n) is 6.60. The van der Waals surface area contributed by atoms with Crippen molar-refractivity contribution >= 4 is 23.4 Å². The van der Waals surface area contributed by atoms with Crippen molar-refractivity contribution in [3.8, 4) is 17.2 Å². The van der Waals surface area contributed by atoms with Crippen LogP contribution in [0.25, 0.3) is 11.5 Å². The number of hydrogen-bond donors (Lipinski definition) is 0. The first-order valence-corrected chi connectivity index (χ1v) is 8.20. The number of hydrogen-bond acceptors (Lipinski definition) is 5. The second-order valence-electron chi connectivity index (χ2n) is 4.49. The van der Waals surface area contributed by atoms with Crippen LogP contribution in [0.2, 0.25) is 5.02 Å². The molecular formula is C16H13ClN2O2S. The average molecular weight is 333 g/mol. The van der Waals surface area contributed by atoms with E-state index in [9.17, 15) is 0 Å². The molecule has 3 rings (SSSR count). The van der Waals surface area contributed by atoms with Crippen LogP contribution in [0.15, 0.2) is 57.9 Å². The van der Waals surface area contributed by atoms with Crippen LogP contribution in [-0.4, -0.2) is 16.4 Å². The van der Waals surface area contributed by atoms with E-state index in [0.29, 0.717) is 16.7 Å². The van der Waals surface area contributed by atoms with Gasteiger partial charge in [-0.2, -0.15) is 4.98 Å². The van der Waals surface area contributed by atoms with Gasteiger partial charge in [-0.3, -0.25) is 0 Å². The highest BCUT2D eigenvalue weighted by atomic mass is 35.5. The molecule has 3 aromatic rings. The fourth-order valence-electron chi connectivity index (χ4n) is 1.84. The van der Waals surface area contributed by atoms with Crippen molar-refractivity contribution in [2.75, 3.05) is 6.26 Å². The summed E-state index contributed by atoms with van der Waals surface area (Å²) in [5.74, 6) is 1.72. The minimum absolute atomic E-state index is 0.260. The lowest BCUT2D eigenvalue weighted by atomic mass is 10.2. The van der Waals surface area contributed by atoms with E-state index in [1.165, 1.54) is 4.90 Å². The number of rotatable bonds is 5. The summed E-state index contributed by atoms with van der Waals surface area (Å²) in [5.41, 5.74) is 0.826. The largest absolute Gasteiger partial charge is 0.485 e. The van der Waals surface area contributed by atoms with Gasteiger partial charge in [-0.05, 0) is 54.8 Å². The van der Waals surface area contributed by atoms with Crippen LogP contribution in [0.4, 0.5) is 0 Å². The van der Waals surface area contributed by atoms with Crippen LogP contribution in [0, 0.1) is 0 Å². The summed E-state index contributed by atoms with van der Waals surface area (Å²) in [6.45, 7) is 0.260. The second-order valence-corrected chi connectivity index (χ2v) is 5.80. The Hall–Kier alpha value is -1.98. The number of thioether (sulfide) groups is 1. The summed E-state index contributed by atoms with van der Waals surface area (Å²) >= 11 is 7.54. The molecule has 0 saturated carbocycles. The monoisotopic (exact) mass is 332 g/mol. The summed E-state index contributed by atoms with van der Waals surface area (Å²) < 4.78 is 10.9. The second kappa shape index (κ2) is 6.85. The predicted molar refractivity (Wildman–Crippen MR) is 87.3 cm³/mol. The zero-order valence-electron chi connectivity index (χ0n) is 11.8. The molecule has 0 fully saturated rings. The molecule has 0 unspecified atom stereocenters. The molecule has 0 aliphatic carbocycles. The van der Waals surface area contributed by atoms with Gasteiger partial charge in [0.2, 0.25) is 5.82 Å². The zero-order valence-corrected chi connectivity index (χ0v) is 13.4. The maximum atomic E-state index is 5.86. The first-order chi connectivity index (χ1) is 10.7. The molecule has 2 aromatic carbocycles. The van der Waals surface area contributed by atoms with Crippen LogP contribution >= 0.6 is 23.4 Å². The number of aromatic nitrogens is 2. The van der Waals surface area contributed by atoms with Gasteiger partial charge in [0, 0.05) is 15.5 Å². The summed E-state index contributed by atoms with van der Waals surface area (Å²) in [5, 5.41) is 4.58. The molecule has 0 aliphatic heterocycles. The number of ether oxygens (including phenoxy) is 1. The molecule has 22 heavy (non-hydrogen) atoms. The van der Waals surface area contributed by atoms with Crippen molar-refractivity contribution in [3.05, 3.63) is 59.4 Å². The van der Waals surface area contributed by atoms with Gasteiger partial charge < -0.3 is 9.26 Å². The van der Waals surface area contributed by atoms with Crippen molar-refractivity contribution in [2.45, 2.75) is 11.5 Å². The fraction of sp³-hybridized carbons (Fsp3) is 0.125. The quantitative estimate of drug-likeness (QED) is 0.634. The van der Waals surface area contributed by atoms with Crippen LogP contribution in [0.1, 0.15) is 5.82 Å². The standard InChI is InChI=1S/C16H13ClN2O2S/c1-22-14-8-6-13(7-9-14)20-10-15-18-16(21-19-15)11-2-4-12(17)5-3-11/h2-9H,10H2,1H3. The Kier molecular flexibility index (Phi) is 4.65. The molecule has 4 nitrogen and oxygen atoms in total. The molecule has 6 heteroatoms. The highest BCUT2D eigenvalue weighted by molar-refractivity contribution is 7.98. The molecule has 0 N–H and O–H groups in total. The van der Waals surface area contributed by atoms with Crippen molar-refractivity contribution in [1.29, 1.82) is 0 Å². The van der Waals surface area contributed by atoms with Gasteiger partial charge >= 0.3 is 0 Å². The molecule has 0 bridgehead atoms. The van der Waals surface area contributed by atoms with Gasteiger partial charge in [-0.15, -0.1) is 11.8 Å². The summed E-state index contributed by atoms with van der Waals surface area (Å²) in [6, 6.07) is 15.1. The topological polar surface area (TPSA) is 48.2 Å². The first kappa shape index (κ1) is 14.9. The third-order valence-corrected chi connectivity index (χ3v) is 3.98. The van der Waals surface area contributed by atoms with Crippen LogP contribution < -0.4 is 4.74 Å². The Labute approximate surface area is 137 Å². The van der Waals surface area contributed by atoms with Crippen LogP contribution in [0.5, 0.6) is 5.75 Å². The number of halogens is 1. The Morgan fingerprint density at radius 1 is 1.09 bits per heavy atom. The average Bonchev–Trinajstić information content (AvgIpc) is 3.03. The van der Waals surface area contributed by atoms with E-state index in [0.717, 1.165) is 11.3 Å². The van der Waals surface area contributed by atoms with Gasteiger partial charge in [0.05, 0.1) is 0 Å². The normalized spacial score (nSPS) is 10.6. The number of nitrogens with zero attached hydrogens (tertiary/aromatic N) is 2. The van der Waals surface area contributed by atoms with E-state index in [1.54, 1.807) is 23.9 Å². The lowest BCUT2D eigenvalue weighted by molar-refractivity contribution is 0.287. The van der Waals surface area contributed by atoms with E-state index >= 15 is 0 Å². The fourth-order valence-corrected chi connectivity index (χ4v) is 2.38. The maximum Gasteiger partial charge on any atom is 0.258 e. The molecule has 0 saturated heterocycles. The van der Waals surface area contributed by atoms with Crippen molar-refractivity contribution in [1.82, 2.24) is 10.1 Å². The minimum Gasteiger partial charge on any atom is -0.485 e. The van der Waals surface area contributed by atoms with E-state index < -0.39 is 0 Å². The lowest BCUT2D eigenvalue weighted by Gasteiger charge is -2.03. The molecular weight excluding hydrogens is 320 g/mol. The molecule has 0 radical (unpaired) electrons. The smallest absolute Gasteiger partial charge is 0.258 e. The summed E-state index contributed by atoms with van der Waals surface area (Å²) in [7, 11) is 0. The number of benzene rings is 2. The van der Waals surface area contributed by atoms with E-state index in [1.807, 2.05) is 42.7 Å². The Morgan fingerprint density at radius 3 is 2.50 bits per heavy atom. The van der Waals surface area contributed by atoms with E-state index in [-0.39, 0.29) is 6.61 Å². The van der Waals surface area contributed by atoms with E-state index in [4.69, 9.17) is 20.9 Å². The van der Waals surface area contributed by atoms with Crippen molar-refractivity contribution in [2.24, 2.45) is 0 Å². The predicted octanol–water partition coefficient (Wildman–Crippen LogP) is 4.69. The molecule has 0 spiro atoms. The Balaban J connectivity index is 1.65. The third-order valence-electron chi connectivity index (χ3n) is 2.99. The van der Waals surface area contributed by atoms with Gasteiger partial charge in [0.1, 0.15) is 5.75 Å². The molecule has 1 aromatic heterocycles. The summed E-state index contributed by atoms with van der Waals surface area (Å²) in [6.07, 6.45) is 2.04. The third kappa shape index (κ3) is 3.61. The van der Waals surface area contributed by atoms with Gasteiger partial charge in [-0.25, -0.2) is 0 Å². The van der Waals surface area contributed by atoms with E-state index in [2.05, 4.69) is 10.1 Å². The van der Waals surface area contributed by atoms with Crippen molar-refractivity contribution < 1.29 is 9.26 Å². The Morgan fingerprint density at radius 2 is 1.82 bits per heavy atom. The van der Waals surface area contributed by atoms with Crippen molar-refractivity contribution in [3.63, 3.8) is 0 Å². The van der Waals surface area contributed by atoms with Gasteiger partial charge in [0.15, 0.2) is 6.61 Å². The molecule has 0 atom stereocenters. The van der Waals surface area contributed by atoms with Gasteiger partial charge in [0.25, 0.3) is 5.89 Å². The lowest BCUT2D eigenvalue weighted by Crippen LogP contribution is -1.97. The SMILES string of the molecule is CSc1ccc(OCc2noc(-c3ccc(Cl)cc3)n2)cc1. The minimum atomic E-state index is 0.260. The highest BCUT2D eigenvalue weighted by Gasteiger charge is 2.09. The maximum absolute atomic E-state index is 5.86. The Bertz CT molecular complexity index is 742. The van der Waals surface area contributed by atoms with Crippen LogP contribution in [-0.2, 0) is 6.61 Å². The zero-order chi connectivity index (χ0) is 15.4. The summed E-state index contributed by atoms with van der Waals surface area (Å²) in [4.78, 5) is 5.50. The van der Waals surface area contributed by atoms with Crippen LogP contribution in [0.3, 0.4) is 0 Å². The molecule has 1 heterocycles.